The van der Waals surface area contributed by atoms with Gasteiger partial charge in [-0.3, -0.25) is 0 Å². The zero-order chi connectivity index (χ0) is 9.97. The molecule has 76 valence electrons. The minimum Gasteiger partial charge on any atom is -0.486 e. The Bertz CT molecular complexity index is 322. The molecule has 0 aliphatic carbocycles. The topological polar surface area (TPSA) is 70.5 Å². The molecule has 1 atom stereocenters. The van der Waals surface area contributed by atoms with Crippen LogP contribution in [-0.2, 0) is 4.74 Å². The summed E-state index contributed by atoms with van der Waals surface area (Å²) in [6, 6.07) is 5.27. The third-order valence-electron chi connectivity index (χ3n) is 2.22. The van der Waals surface area contributed by atoms with E-state index in [0.717, 1.165) is 13.0 Å². The lowest BCUT2D eigenvalue weighted by atomic mass is 10.2. The molecular formula is C10H14N2O2. The number of anilines is 2. The summed E-state index contributed by atoms with van der Waals surface area (Å²) in [7, 11) is 0. The molecule has 0 spiro atoms. The van der Waals surface area contributed by atoms with Crippen LogP contribution in [0.25, 0.3) is 0 Å². The smallest absolute Gasteiger partial charge is 0.142 e. The van der Waals surface area contributed by atoms with Crippen LogP contribution in [0.3, 0.4) is 0 Å². The summed E-state index contributed by atoms with van der Waals surface area (Å²) in [5.41, 5.74) is 12.6. The van der Waals surface area contributed by atoms with Crippen molar-refractivity contribution >= 4 is 11.4 Å². The SMILES string of the molecule is Nc1ccc(OC2CCOC2)c(N)c1. The monoisotopic (exact) mass is 194 g/mol. The van der Waals surface area contributed by atoms with Crippen LogP contribution in [0.2, 0.25) is 0 Å². The molecule has 1 aliphatic rings. The lowest BCUT2D eigenvalue weighted by Gasteiger charge is -2.13. The number of rotatable bonds is 2. The molecule has 4 N–H and O–H groups in total. The number of hydrogen-bond donors (Lipinski definition) is 2. The van der Waals surface area contributed by atoms with Gasteiger partial charge in [-0.15, -0.1) is 0 Å². The van der Waals surface area contributed by atoms with E-state index in [0.29, 0.717) is 23.7 Å². The van der Waals surface area contributed by atoms with Crippen molar-refractivity contribution < 1.29 is 9.47 Å². The van der Waals surface area contributed by atoms with E-state index in [1.165, 1.54) is 0 Å². The van der Waals surface area contributed by atoms with Crippen LogP contribution >= 0.6 is 0 Å². The molecule has 1 heterocycles. The van der Waals surface area contributed by atoms with Gasteiger partial charge in [0.1, 0.15) is 11.9 Å². The second-order valence-corrected chi connectivity index (χ2v) is 3.40. The molecule has 0 amide bonds. The van der Waals surface area contributed by atoms with Crippen LogP contribution in [0.5, 0.6) is 5.75 Å². The van der Waals surface area contributed by atoms with E-state index in [2.05, 4.69) is 0 Å². The molecule has 14 heavy (non-hydrogen) atoms. The maximum Gasteiger partial charge on any atom is 0.142 e. The summed E-state index contributed by atoms with van der Waals surface area (Å²) in [5.74, 6) is 0.690. The van der Waals surface area contributed by atoms with Crippen molar-refractivity contribution in [3.8, 4) is 5.75 Å². The van der Waals surface area contributed by atoms with Gasteiger partial charge in [-0.2, -0.15) is 0 Å². The Morgan fingerprint density at radius 2 is 2.21 bits per heavy atom. The molecule has 1 aliphatic heterocycles. The first-order chi connectivity index (χ1) is 6.75. The minimum atomic E-state index is 0.126. The third kappa shape index (κ3) is 1.90. The highest BCUT2D eigenvalue weighted by atomic mass is 16.5. The Hall–Kier alpha value is -1.42. The summed E-state index contributed by atoms with van der Waals surface area (Å²) in [5, 5.41) is 0. The summed E-state index contributed by atoms with van der Waals surface area (Å²) in [6.07, 6.45) is 1.05. The maximum atomic E-state index is 5.75. The van der Waals surface area contributed by atoms with Gasteiger partial charge in [0.25, 0.3) is 0 Å². The first kappa shape index (κ1) is 9.15. The lowest BCUT2D eigenvalue weighted by Crippen LogP contribution is -2.16. The molecule has 4 nitrogen and oxygen atoms in total. The quantitative estimate of drug-likeness (QED) is 0.689. The minimum absolute atomic E-state index is 0.126. The van der Waals surface area contributed by atoms with E-state index in [-0.39, 0.29) is 6.10 Å². The van der Waals surface area contributed by atoms with E-state index in [1.807, 2.05) is 0 Å². The standard InChI is InChI=1S/C10H14N2O2/c11-7-1-2-10(9(12)5-7)14-8-3-4-13-6-8/h1-2,5,8H,3-4,6,11-12H2. The molecule has 0 saturated carbocycles. The van der Waals surface area contributed by atoms with Crippen molar-refractivity contribution in [3.63, 3.8) is 0 Å². The molecule has 0 aromatic heterocycles. The predicted molar refractivity (Wildman–Crippen MR) is 55.1 cm³/mol. The average Bonchev–Trinajstić information content (AvgIpc) is 2.62. The van der Waals surface area contributed by atoms with Crippen LogP contribution in [-0.4, -0.2) is 19.3 Å². The van der Waals surface area contributed by atoms with E-state index >= 15 is 0 Å². The van der Waals surface area contributed by atoms with Crippen LogP contribution < -0.4 is 16.2 Å². The van der Waals surface area contributed by atoms with Gasteiger partial charge in [0.15, 0.2) is 0 Å². The van der Waals surface area contributed by atoms with Crippen LogP contribution in [0, 0.1) is 0 Å². The molecule has 1 saturated heterocycles. The van der Waals surface area contributed by atoms with Crippen molar-refractivity contribution in [2.45, 2.75) is 12.5 Å². The normalized spacial score (nSPS) is 21.0. The number of benzene rings is 1. The fourth-order valence-corrected chi connectivity index (χ4v) is 1.46. The van der Waals surface area contributed by atoms with Gasteiger partial charge in [-0.05, 0) is 18.2 Å². The zero-order valence-corrected chi connectivity index (χ0v) is 7.90. The van der Waals surface area contributed by atoms with Gasteiger partial charge >= 0.3 is 0 Å². The van der Waals surface area contributed by atoms with Crippen molar-refractivity contribution in [1.82, 2.24) is 0 Å². The Kier molecular flexibility index (Phi) is 2.45. The van der Waals surface area contributed by atoms with Gasteiger partial charge in [0.05, 0.1) is 18.9 Å². The summed E-state index contributed by atoms with van der Waals surface area (Å²) in [6.45, 7) is 1.41. The predicted octanol–water partition coefficient (Wildman–Crippen LogP) is 1.02. The van der Waals surface area contributed by atoms with Crippen molar-refractivity contribution in [3.05, 3.63) is 18.2 Å². The molecule has 1 aromatic carbocycles. The second-order valence-electron chi connectivity index (χ2n) is 3.40. The van der Waals surface area contributed by atoms with Gasteiger partial charge in [0, 0.05) is 12.1 Å². The van der Waals surface area contributed by atoms with Crippen LogP contribution in [0.4, 0.5) is 11.4 Å². The lowest BCUT2D eigenvalue weighted by molar-refractivity contribution is 0.142. The zero-order valence-electron chi connectivity index (χ0n) is 7.90. The molecule has 1 fully saturated rings. The summed E-state index contributed by atoms with van der Waals surface area (Å²) >= 11 is 0. The van der Waals surface area contributed by atoms with Crippen LogP contribution in [0.1, 0.15) is 6.42 Å². The van der Waals surface area contributed by atoms with Gasteiger partial charge in [-0.25, -0.2) is 0 Å². The number of nitrogens with two attached hydrogens (primary N) is 2. The van der Waals surface area contributed by atoms with E-state index in [4.69, 9.17) is 20.9 Å². The number of ether oxygens (including phenoxy) is 2. The highest BCUT2D eigenvalue weighted by Crippen LogP contribution is 2.26. The number of hydrogen-bond acceptors (Lipinski definition) is 4. The molecular weight excluding hydrogens is 180 g/mol. The molecule has 0 bridgehead atoms. The van der Waals surface area contributed by atoms with Crippen molar-refractivity contribution in [2.24, 2.45) is 0 Å². The Balaban J connectivity index is 2.08. The Morgan fingerprint density at radius 3 is 2.86 bits per heavy atom. The Labute approximate surface area is 82.8 Å². The third-order valence-corrected chi connectivity index (χ3v) is 2.22. The summed E-state index contributed by atoms with van der Waals surface area (Å²) < 4.78 is 10.9. The van der Waals surface area contributed by atoms with Gasteiger partial charge in [-0.1, -0.05) is 0 Å². The van der Waals surface area contributed by atoms with Gasteiger partial charge in [0.2, 0.25) is 0 Å². The maximum absolute atomic E-state index is 5.75. The van der Waals surface area contributed by atoms with Crippen LogP contribution in [0.15, 0.2) is 18.2 Å². The Morgan fingerprint density at radius 1 is 1.36 bits per heavy atom. The fraction of sp³-hybridized carbons (Fsp3) is 0.400. The van der Waals surface area contributed by atoms with Crippen molar-refractivity contribution in [1.29, 1.82) is 0 Å². The molecule has 0 radical (unpaired) electrons. The molecule has 4 heteroatoms. The highest BCUT2D eigenvalue weighted by Gasteiger charge is 2.17. The fourth-order valence-electron chi connectivity index (χ4n) is 1.46. The summed E-state index contributed by atoms with van der Waals surface area (Å²) in [4.78, 5) is 0. The van der Waals surface area contributed by atoms with Gasteiger partial charge < -0.3 is 20.9 Å². The first-order valence-electron chi connectivity index (χ1n) is 4.65. The molecule has 1 unspecified atom stereocenters. The second kappa shape index (κ2) is 3.75. The first-order valence-corrected chi connectivity index (χ1v) is 4.65. The largest absolute Gasteiger partial charge is 0.486 e. The highest BCUT2D eigenvalue weighted by molar-refractivity contribution is 5.60. The number of nitrogen functional groups attached to an aromatic ring is 2. The average molecular weight is 194 g/mol. The van der Waals surface area contributed by atoms with E-state index in [9.17, 15) is 0 Å². The van der Waals surface area contributed by atoms with E-state index < -0.39 is 0 Å². The van der Waals surface area contributed by atoms with E-state index in [1.54, 1.807) is 18.2 Å². The molecule has 1 aromatic rings. The van der Waals surface area contributed by atoms with Crippen molar-refractivity contribution in [2.75, 3.05) is 24.7 Å². The molecule has 2 rings (SSSR count).